The van der Waals surface area contributed by atoms with Crippen molar-refractivity contribution < 1.29 is 14.3 Å². The topological polar surface area (TPSA) is 83.1 Å². The van der Waals surface area contributed by atoms with Crippen LogP contribution in [0.4, 0.5) is 11.5 Å². The Balaban J connectivity index is 1.18. The van der Waals surface area contributed by atoms with Gasteiger partial charge in [0, 0.05) is 70.6 Å². The number of aromatic nitrogens is 2. The second-order valence-corrected chi connectivity index (χ2v) is 11.0. The first-order chi connectivity index (χ1) is 18.5. The second-order valence-electron chi connectivity index (χ2n) is 10.2. The third-order valence-corrected chi connectivity index (χ3v) is 8.76. The number of benzene rings is 1. The minimum absolute atomic E-state index is 0.0187. The summed E-state index contributed by atoms with van der Waals surface area (Å²) in [6, 6.07) is 6.38. The summed E-state index contributed by atoms with van der Waals surface area (Å²) in [4.78, 5) is 28.8. The van der Waals surface area contributed by atoms with Crippen LogP contribution in [0.25, 0.3) is 0 Å². The molecule has 1 aromatic carbocycles. The number of piperidine rings is 1. The Morgan fingerprint density at radius 2 is 1.79 bits per heavy atom. The average molecular weight is 564 g/mol. The molecule has 0 radical (unpaired) electrons. The van der Waals surface area contributed by atoms with Gasteiger partial charge in [0.15, 0.2) is 0 Å². The normalized spacial score (nSPS) is 23.1. The standard InChI is InChI=1S/C27H36Cl2N6O3/c1-18-25(27(36)35-9-6-19(7-10-35)32-21-8-15-38-16-23(21)37-2)30-17-31-26(18)34-13-11-33(12-14-34)22-5-3-4-20(28)24(22)29/h3-5,17,19,21,23,32H,6-16H2,1-2H3. The van der Waals surface area contributed by atoms with E-state index >= 15 is 0 Å². The minimum atomic E-state index is -0.0187. The smallest absolute Gasteiger partial charge is 0.272 e. The van der Waals surface area contributed by atoms with E-state index in [0.717, 1.165) is 69.1 Å². The fourth-order valence-corrected chi connectivity index (χ4v) is 6.12. The Kier molecular flexibility index (Phi) is 8.90. The fraction of sp³-hybridized carbons (Fsp3) is 0.593. The quantitative estimate of drug-likeness (QED) is 0.573. The maximum atomic E-state index is 13.5. The van der Waals surface area contributed by atoms with E-state index in [4.69, 9.17) is 32.7 Å². The number of halogens is 2. The molecule has 3 aliphatic heterocycles. The van der Waals surface area contributed by atoms with Crippen LogP contribution in [0.1, 0.15) is 35.3 Å². The molecule has 3 saturated heterocycles. The number of likely N-dealkylation sites (tertiary alicyclic amines) is 1. The zero-order chi connectivity index (χ0) is 26.6. The molecule has 9 nitrogen and oxygen atoms in total. The molecule has 1 amide bonds. The van der Waals surface area contributed by atoms with Crippen LogP contribution in [0.5, 0.6) is 0 Å². The molecular formula is C27H36Cl2N6O3. The number of nitrogens with zero attached hydrogens (tertiary/aromatic N) is 5. The summed E-state index contributed by atoms with van der Waals surface area (Å²) in [5, 5.41) is 4.89. The van der Waals surface area contributed by atoms with Crippen LogP contribution in [-0.2, 0) is 9.47 Å². The number of methoxy groups -OCH3 is 1. The summed E-state index contributed by atoms with van der Waals surface area (Å²) >= 11 is 12.7. The highest BCUT2D eigenvalue weighted by Gasteiger charge is 2.32. The van der Waals surface area contributed by atoms with E-state index < -0.39 is 0 Å². The van der Waals surface area contributed by atoms with Crippen LogP contribution in [0, 0.1) is 6.92 Å². The largest absolute Gasteiger partial charge is 0.379 e. The lowest BCUT2D eigenvalue weighted by Crippen LogP contribution is -2.54. The van der Waals surface area contributed by atoms with Crippen molar-refractivity contribution in [3.8, 4) is 0 Å². The number of hydrogen-bond acceptors (Lipinski definition) is 8. The Labute approximate surface area is 234 Å². The summed E-state index contributed by atoms with van der Waals surface area (Å²) in [7, 11) is 1.74. The molecule has 11 heteroatoms. The first-order valence-corrected chi connectivity index (χ1v) is 14.1. The molecule has 5 rings (SSSR count). The van der Waals surface area contributed by atoms with Crippen LogP contribution in [0.2, 0.25) is 10.0 Å². The molecule has 4 heterocycles. The van der Waals surface area contributed by atoms with Crippen molar-refractivity contribution in [2.24, 2.45) is 0 Å². The molecule has 3 aliphatic rings. The minimum Gasteiger partial charge on any atom is -0.379 e. The number of amides is 1. The van der Waals surface area contributed by atoms with Gasteiger partial charge in [-0.15, -0.1) is 0 Å². The van der Waals surface area contributed by atoms with Gasteiger partial charge in [0.05, 0.1) is 28.4 Å². The monoisotopic (exact) mass is 562 g/mol. The number of anilines is 2. The van der Waals surface area contributed by atoms with Crippen LogP contribution < -0.4 is 15.1 Å². The Morgan fingerprint density at radius 3 is 2.53 bits per heavy atom. The second kappa shape index (κ2) is 12.3. The van der Waals surface area contributed by atoms with Crippen LogP contribution >= 0.6 is 23.2 Å². The SMILES string of the molecule is COC1COCCC1NC1CCN(C(=O)c2ncnc(N3CCN(c4cccc(Cl)c4Cl)CC3)c2C)CC1. The van der Waals surface area contributed by atoms with Gasteiger partial charge in [-0.2, -0.15) is 0 Å². The predicted molar refractivity (Wildman–Crippen MR) is 150 cm³/mol. The molecule has 38 heavy (non-hydrogen) atoms. The lowest BCUT2D eigenvalue weighted by Gasteiger charge is -2.38. The molecule has 2 aromatic rings. The predicted octanol–water partition coefficient (Wildman–Crippen LogP) is 3.42. The third kappa shape index (κ3) is 5.87. The number of rotatable bonds is 6. The first kappa shape index (κ1) is 27.4. The van der Waals surface area contributed by atoms with Crippen molar-refractivity contribution in [2.75, 3.05) is 69.4 Å². The van der Waals surface area contributed by atoms with Gasteiger partial charge in [-0.05, 0) is 38.3 Å². The highest BCUT2D eigenvalue weighted by molar-refractivity contribution is 6.43. The molecule has 1 aromatic heterocycles. The number of piperazine rings is 1. The summed E-state index contributed by atoms with van der Waals surface area (Å²) < 4.78 is 11.1. The van der Waals surface area contributed by atoms with E-state index in [1.165, 1.54) is 6.33 Å². The first-order valence-electron chi connectivity index (χ1n) is 13.4. The van der Waals surface area contributed by atoms with Crippen LogP contribution in [0.15, 0.2) is 24.5 Å². The molecule has 2 atom stereocenters. The van der Waals surface area contributed by atoms with Gasteiger partial charge in [0.2, 0.25) is 0 Å². The van der Waals surface area contributed by atoms with Gasteiger partial charge >= 0.3 is 0 Å². The summed E-state index contributed by atoms with van der Waals surface area (Å²) in [5.74, 6) is 0.802. The average Bonchev–Trinajstić information content (AvgIpc) is 2.95. The third-order valence-electron chi connectivity index (χ3n) is 7.95. The number of nitrogens with one attached hydrogen (secondary N) is 1. The molecule has 2 unspecified atom stereocenters. The molecule has 3 fully saturated rings. The van der Waals surface area contributed by atoms with Gasteiger partial charge in [0.1, 0.15) is 17.8 Å². The number of ether oxygens (including phenoxy) is 2. The van der Waals surface area contributed by atoms with Crippen molar-refractivity contribution in [1.82, 2.24) is 20.2 Å². The zero-order valence-corrected chi connectivity index (χ0v) is 23.5. The molecular weight excluding hydrogens is 527 g/mol. The zero-order valence-electron chi connectivity index (χ0n) is 22.0. The van der Waals surface area contributed by atoms with Gasteiger partial charge in [-0.1, -0.05) is 29.3 Å². The Hall–Kier alpha value is -2.17. The van der Waals surface area contributed by atoms with E-state index in [9.17, 15) is 4.79 Å². The molecule has 0 bridgehead atoms. The van der Waals surface area contributed by atoms with Gasteiger partial charge in [-0.3, -0.25) is 4.79 Å². The number of hydrogen-bond donors (Lipinski definition) is 1. The maximum absolute atomic E-state index is 13.5. The van der Waals surface area contributed by atoms with Gasteiger partial charge < -0.3 is 29.5 Å². The van der Waals surface area contributed by atoms with Crippen molar-refractivity contribution in [3.63, 3.8) is 0 Å². The molecule has 0 saturated carbocycles. The molecule has 0 aliphatic carbocycles. The summed E-state index contributed by atoms with van der Waals surface area (Å²) in [6.45, 7) is 7.84. The Bertz CT molecular complexity index is 1120. The lowest BCUT2D eigenvalue weighted by atomic mass is 9.99. The highest BCUT2D eigenvalue weighted by atomic mass is 35.5. The van der Waals surface area contributed by atoms with E-state index in [0.29, 0.717) is 47.5 Å². The van der Waals surface area contributed by atoms with Crippen LogP contribution in [-0.4, -0.2) is 98.6 Å². The summed E-state index contributed by atoms with van der Waals surface area (Å²) in [6.07, 6.45) is 4.35. The van der Waals surface area contributed by atoms with Gasteiger partial charge in [0.25, 0.3) is 5.91 Å². The van der Waals surface area contributed by atoms with Crippen molar-refractivity contribution in [1.29, 1.82) is 0 Å². The number of carbonyl (C=O) groups excluding carboxylic acids is 1. The van der Waals surface area contributed by atoms with E-state index in [-0.39, 0.29) is 12.0 Å². The molecule has 0 spiro atoms. The van der Waals surface area contributed by atoms with E-state index in [1.807, 2.05) is 24.0 Å². The number of carbonyl (C=O) groups is 1. The van der Waals surface area contributed by atoms with Crippen molar-refractivity contribution in [3.05, 3.63) is 45.8 Å². The highest BCUT2D eigenvalue weighted by Crippen LogP contribution is 2.33. The van der Waals surface area contributed by atoms with Crippen molar-refractivity contribution in [2.45, 2.75) is 44.4 Å². The van der Waals surface area contributed by atoms with Crippen LogP contribution in [0.3, 0.4) is 0 Å². The fourth-order valence-electron chi connectivity index (χ4n) is 5.71. The van der Waals surface area contributed by atoms with Crippen molar-refractivity contribution >= 4 is 40.6 Å². The molecule has 1 N–H and O–H groups in total. The lowest BCUT2D eigenvalue weighted by molar-refractivity contribution is -0.0533. The molecule has 206 valence electrons. The maximum Gasteiger partial charge on any atom is 0.272 e. The van der Waals surface area contributed by atoms with E-state index in [2.05, 4.69) is 25.1 Å². The van der Waals surface area contributed by atoms with E-state index in [1.54, 1.807) is 13.2 Å². The van der Waals surface area contributed by atoms with Gasteiger partial charge in [-0.25, -0.2) is 9.97 Å². The summed E-state index contributed by atoms with van der Waals surface area (Å²) in [5.41, 5.74) is 2.27. The Morgan fingerprint density at radius 1 is 1.05 bits per heavy atom.